The molecule has 2 atom stereocenters. The quantitative estimate of drug-likeness (QED) is 0.867. The van der Waals surface area contributed by atoms with Crippen LogP contribution < -0.4 is 4.90 Å². The van der Waals surface area contributed by atoms with Crippen molar-refractivity contribution in [1.82, 2.24) is 0 Å². The number of piperidine rings is 1. The average molecular weight is 253 g/mol. The number of halogens is 1. The van der Waals surface area contributed by atoms with Gasteiger partial charge in [0.25, 0.3) is 0 Å². The van der Waals surface area contributed by atoms with E-state index in [9.17, 15) is 14.6 Å². The van der Waals surface area contributed by atoms with Gasteiger partial charge in [-0.1, -0.05) is 6.07 Å². The van der Waals surface area contributed by atoms with E-state index in [1.165, 1.54) is 6.07 Å². The van der Waals surface area contributed by atoms with E-state index in [0.717, 1.165) is 31.6 Å². The molecule has 2 rings (SSSR count). The second kappa shape index (κ2) is 5.67. The number of anilines is 1. The van der Waals surface area contributed by atoms with E-state index in [2.05, 4.69) is 4.90 Å². The Balaban J connectivity index is 2.29. The van der Waals surface area contributed by atoms with E-state index < -0.39 is 6.10 Å². The van der Waals surface area contributed by atoms with Crippen LogP contribution in [0, 0.1) is 11.7 Å². The Morgan fingerprint density at radius 3 is 2.94 bits per heavy atom. The molecule has 100 valence electrons. The Kier molecular flexibility index (Phi) is 4.19. The van der Waals surface area contributed by atoms with E-state index in [1.54, 1.807) is 13.0 Å². The lowest BCUT2D eigenvalue weighted by molar-refractivity contribution is 0.192. The van der Waals surface area contributed by atoms with Gasteiger partial charge >= 0.3 is 0 Å². The highest BCUT2D eigenvalue weighted by Crippen LogP contribution is 2.31. The fraction of sp³-hybridized carbons (Fsp3) is 0.571. The molecule has 0 radical (unpaired) electrons. The summed E-state index contributed by atoms with van der Waals surface area (Å²) in [6, 6.07) is 4.88. The lowest BCUT2D eigenvalue weighted by atomic mass is 9.97. The fourth-order valence-electron chi connectivity index (χ4n) is 2.65. The maximum atomic E-state index is 13.8. The van der Waals surface area contributed by atoms with Crippen molar-refractivity contribution >= 4 is 5.69 Å². The minimum absolute atomic E-state index is 0.163. The zero-order chi connectivity index (χ0) is 13.1. The van der Waals surface area contributed by atoms with E-state index in [4.69, 9.17) is 0 Å². The maximum Gasteiger partial charge on any atom is 0.131 e. The summed E-state index contributed by atoms with van der Waals surface area (Å²) in [5, 5.41) is 19.0. The van der Waals surface area contributed by atoms with Crippen molar-refractivity contribution in [3.05, 3.63) is 29.6 Å². The van der Waals surface area contributed by atoms with Gasteiger partial charge in [-0.3, -0.25) is 0 Å². The SMILES string of the molecule is C[C@@H](O)c1c(F)cccc1N1CCCC(CO)C1. The predicted octanol–water partition coefficient (Wildman–Crippen LogP) is 2.09. The molecular formula is C14H20FNO2. The molecule has 0 saturated carbocycles. The summed E-state index contributed by atoms with van der Waals surface area (Å²) in [7, 11) is 0. The van der Waals surface area contributed by atoms with Gasteiger partial charge in [0, 0.05) is 30.9 Å². The van der Waals surface area contributed by atoms with Gasteiger partial charge in [-0.05, 0) is 37.8 Å². The van der Waals surface area contributed by atoms with Crippen molar-refractivity contribution < 1.29 is 14.6 Å². The van der Waals surface area contributed by atoms with Crippen LogP contribution in [0.2, 0.25) is 0 Å². The minimum Gasteiger partial charge on any atom is -0.396 e. The first-order valence-electron chi connectivity index (χ1n) is 6.45. The van der Waals surface area contributed by atoms with Gasteiger partial charge in [-0.2, -0.15) is 0 Å². The molecule has 1 saturated heterocycles. The number of aliphatic hydroxyl groups is 2. The third-order valence-corrected chi connectivity index (χ3v) is 3.57. The van der Waals surface area contributed by atoms with E-state index >= 15 is 0 Å². The van der Waals surface area contributed by atoms with Crippen molar-refractivity contribution in [3.8, 4) is 0 Å². The summed E-state index contributed by atoms with van der Waals surface area (Å²) in [6.45, 7) is 3.31. The fourth-order valence-corrected chi connectivity index (χ4v) is 2.65. The van der Waals surface area contributed by atoms with Crippen LogP contribution in [0.1, 0.15) is 31.4 Å². The van der Waals surface area contributed by atoms with Crippen molar-refractivity contribution in [2.75, 3.05) is 24.6 Å². The van der Waals surface area contributed by atoms with Crippen LogP contribution in [0.15, 0.2) is 18.2 Å². The molecule has 0 spiro atoms. The van der Waals surface area contributed by atoms with Crippen LogP contribution in [-0.2, 0) is 0 Å². The number of aliphatic hydroxyl groups excluding tert-OH is 2. The highest BCUT2D eigenvalue weighted by molar-refractivity contribution is 5.55. The van der Waals surface area contributed by atoms with Crippen LogP contribution in [0.5, 0.6) is 0 Å². The minimum atomic E-state index is -0.823. The highest BCUT2D eigenvalue weighted by Gasteiger charge is 2.23. The molecule has 0 amide bonds. The molecule has 1 heterocycles. The molecule has 0 bridgehead atoms. The number of hydrogen-bond acceptors (Lipinski definition) is 3. The van der Waals surface area contributed by atoms with Gasteiger partial charge in [0.05, 0.1) is 6.10 Å². The first-order chi connectivity index (χ1) is 8.63. The van der Waals surface area contributed by atoms with Crippen molar-refractivity contribution in [3.63, 3.8) is 0 Å². The molecular weight excluding hydrogens is 233 g/mol. The summed E-state index contributed by atoms with van der Waals surface area (Å²) in [4.78, 5) is 2.06. The topological polar surface area (TPSA) is 43.7 Å². The van der Waals surface area contributed by atoms with Crippen molar-refractivity contribution in [2.24, 2.45) is 5.92 Å². The third kappa shape index (κ3) is 2.65. The second-order valence-electron chi connectivity index (χ2n) is 4.99. The van der Waals surface area contributed by atoms with Gasteiger partial charge in [-0.15, -0.1) is 0 Å². The first kappa shape index (κ1) is 13.3. The smallest absolute Gasteiger partial charge is 0.131 e. The summed E-state index contributed by atoms with van der Waals surface area (Å²) in [5.41, 5.74) is 1.11. The summed E-state index contributed by atoms with van der Waals surface area (Å²) in [5.74, 6) is -0.127. The van der Waals surface area contributed by atoms with Crippen LogP contribution in [0.4, 0.5) is 10.1 Å². The molecule has 1 aromatic rings. The van der Waals surface area contributed by atoms with Gasteiger partial charge in [-0.25, -0.2) is 4.39 Å². The number of rotatable bonds is 3. The summed E-state index contributed by atoms with van der Waals surface area (Å²) in [6.07, 6.45) is 1.17. The van der Waals surface area contributed by atoms with Crippen LogP contribution >= 0.6 is 0 Å². The lowest BCUT2D eigenvalue weighted by Gasteiger charge is -2.35. The highest BCUT2D eigenvalue weighted by atomic mass is 19.1. The lowest BCUT2D eigenvalue weighted by Crippen LogP contribution is -2.37. The van der Waals surface area contributed by atoms with E-state index in [-0.39, 0.29) is 18.3 Å². The van der Waals surface area contributed by atoms with Crippen LogP contribution in [-0.4, -0.2) is 29.9 Å². The predicted molar refractivity (Wildman–Crippen MR) is 69.1 cm³/mol. The van der Waals surface area contributed by atoms with Gasteiger partial charge in [0.1, 0.15) is 5.82 Å². The zero-order valence-corrected chi connectivity index (χ0v) is 10.6. The average Bonchev–Trinajstić information content (AvgIpc) is 2.38. The Morgan fingerprint density at radius 2 is 2.28 bits per heavy atom. The number of nitrogens with zero attached hydrogens (tertiary/aromatic N) is 1. The first-order valence-corrected chi connectivity index (χ1v) is 6.45. The molecule has 4 heteroatoms. The molecule has 18 heavy (non-hydrogen) atoms. The van der Waals surface area contributed by atoms with Gasteiger partial charge in [0.15, 0.2) is 0 Å². The van der Waals surface area contributed by atoms with Crippen LogP contribution in [0.25, 0.3) is 0 Å². The van der Waals surface area contributed by atoms with Crippen LogP contribution in [0.3, 0.4) is 0 Å². The van der Waals surface area contributed by atoms with E-state index in [1.807, 2.05) is 6.07 Å². The number of hydrogen-bond donors (Lipinski definition) is 2. The molecule has 1 aliphatic heterocycles. The Hall–Kier alpha value is -1.13. The zero-order valence-electron chi connectivity index (χ0n) is 10.6. The molecule has 0 aromatic heterocycles. The molecule has 0 aliphatic carbocycles. The molecule has 3 nitrogen and oxygen atoms in total. The summed E-state index contributed by atoms with van der Waals surface area (Å²) >= 11 is 0. The molecule has 2 N–H and O–H groups in total. The summed E-state index contributed by atoms with van der Waals surface area (Å²) < 4.78 is 13.8. The molecule has 1 aromatic carbocycles. The Labute approximate surface area is 107 Å². The number of benzene rings is 1. The molecule has 1 aliphatic rings. The maximum absolute atomic E-state index is 13.8. The van der Waals surface area contributed by atoms with Gasteiger partial charge in [0.2, 0.25) is 0 Å². The Morgan fingerprint density at radius 1 is 1.50 bits per heavy atom. The standard InChI is InChI=1S/C14H20FNO2/c1-10(18)14-12(15)5-2-6-13(14)16-7-3-4-11(8-16)9-17/h2,5-6,10-11,17-18H,3-4,7-9H2,1H3/t10-,11?/m1/s1. The van der Waals surface area contributed by atoms with Crippen molar-refractivity contribution in [1.29, 1.82) is 0 Å². The third-order valence-electron chi connectivity index (χ3n) is 3.57. The molecule has 1 unspecified atom stereocenters. The molecule has 1 fully saturated rings. The van der Waals surface area contributed by atoms with Gasteiger partial charge < -0.3 is 15.1 Å². The monoisotopic (exact) mass is 253 g/mol. The normalized spacial score (nSPS) is 22.0. The van der Waals surface area contributed by atoms with E-state index in [0.29, 0.717) is 5.56 Å². The largest absolute Gasteiger partial charge is 0.396 e. The Bertz CT molecular complexity index is 409. The second-order valence-corrected chi connectivity index (χ2v) is 4.99. The van der Waals surface area contributed by atoms with Crippen molar-refractivity contribution in [2.45, 2.75) is 25.9 Å².